The second-order valence-electron chi connectivity index (χ2n) is 10.9. The lowest BCUT2D eigenvalue weighted by Crippen LogP contribution is -2.67. The van der Waals surface area contributed by atoms with Gasteiger partial charge < -0.3 is 44.2 Å². The normalized spacial score (nSPS) is 22.1. The molecule has 1 fully saturated rings. The van der Waals surface area contributed by atoms with E-state index in [9.17, 15) is 33.9 Å². The largest absolute Gasteiger partial charge is 0.480 e. The molecule has 4 rings (SSSR count). The first-order valence-corrected chi connectivity index (χ1v) is 14.7. The van der Waals surface area contributed by atoms with Crippen LogP contribution in [0.3, 0.4) is 0 Å². The minimum atomic E-state index is -1.66. The van der Waals surface area contributed by atoms with E-state index in [0.717, 1.165) is 49.9 Å². The van der Waals surface area contributed by atoms with Gasteiger partial charge in [0.25, 0.3) is 0 Å². The number of amides is 2. The molecule has 0 spiro atoms. The number of carbonyl (C=O) groups is 6. The van der Waals surface area contributed by atoms with Crippen molar-refractivity contribution in [2.24, 2.45) is 0 Å². The van der Waals surface area contributed by atoms with Gasteiger partial charge in [-0.25, -0.2) is 9.59 Å². The lowest BCUT2D eigenvalue weighted by atomic mass is 9.96. The summed E-state index contributed by atoms with van der Waals surface area (Å²) in [5.41, 5.74) is 3.97. The Balaban J connectivity index is 1.48. The molecule has 2 aromatic carbocycles. The van der Waals surface area contributed by atoms with E-state index in [2.05, 4.69) is 10.6 Å². The van der Waals surface area contributed by atoms with E-state index in [1.165, 1.54) is 0 Å². The van der Waals surface area contributed by atoms with Crippen molar-refractivity contribution in [2.45, 2.75) is 70.3 Å². The number of aliphatic carboxylic acids is 1. The summed E-state index contributed by atoms with van der Waals surface area (Å²) in [6.45, 7) is 3.23. The highest BCUT2D eigenvalue weighted by atomic mass is 16.7. The molecular formula is C32H36N2O13. The fourth-order valence-electron chi connectivity index (χ4n) is 5.58. The molecule has 0 bridgehead atoms. The molecule has 15 heteroatoms. The van der Waals surface area contributed by atoms with Crippen molar-refractivity contribution in [3.05, 3.63) is 59.7 Å². The van der Waals surface area contributed by atoms with Gasteiger partial charge in [0.05, 0.1) is 6.61 Å². The molecule has 0 saturated carbocycles. The van der Waals surface area contributed by atoms with E-state index >= 15 is 0 Å². The number of esters is 3. The number of rotatable bonds is 12. The first kappa shape index (κ1) is 34.8. The van der Waals surface area contributed by atoms with Crippen LogP contribution in [0.4, 0.5) is 4.79 Å². The van der Waals surface area contributed by atoms with Crippen LogP contribution in [0.2, 0.25) is 0 Å². The first-order valence-electron chi connectivity index (χ1n) is 14.7. The molecule has 1 heterocycles. The van der Waals surface area contributed by atoms with Crippen LogP contribution in [0.25, 0.3) is 11.1 Å². The number of fused-ring (bicyclic) bond motifs is 3. The van der Waals surface area contributed by atoms with Gasteiger partial charge in [0, 0.05) is 33.6 Å². The van der Waals surface area contributed by atoms with Gasteiger partial charge >= 0.3 is 30.0 Å². The number of hydrogen-bond acceptors (Lipinski definition) is 12. The summed E-state index contributed by atoms with van der Waals surface area (Å²) in [7, 11) is 0. The molecule has 3 N–H and O–H groups in total. The van der Waals surface area contributed by atoms with E-state index < -0.39 is 85.8 Å². The van der Waals surface area contributed by atoms with Gasteiger partial charge in [-0.2, -0.15) is 0 Å². The number of alkyl carbamates (subject to hydrolysis) is 1. The number of nitrogens with one attached hydrogen (secondary N) is 2. The standard InChI is InChI=1S/C32H36N2O13/c1-16(35)33-27-29(46-19(4)38)28(45-18(3)37)26(15-42-17(2)36)47-31(27)43-14-25(30(39)40)34-32(41)44-13-24-22-11-7-5-9-20(22)21-10-6-8-12-23(21)24/h5-12,24-29,31H,13-15H2,1-4H3,(H,33,35)(H,34,41)(H,39,40)/t25-,26+,27+,28+,29+,31?/m0/s1. The molecule has 2 aromatic rings. The summed E-state index contributed by atoms with van der Waals surface area (Å²) >= 11 is 0. The Bertz CT molecular complexity index is 1470. The third-order valence-electron chi connectivity index (χ3n) is 7.43. The molecule has 6 atom stereocenters. The quantitative estimate of drug-likeness (QED) is 0.220. The fourth-order valence-corrected chi connectivity index (χ4v) is 5.58. The molecule has 0 radical (unpaired) electrons. The van der Waals surface area contributed by atoms with Crippen molar-refractivity contribution in [3.8, 4) is 11.1 Å². The van der Waals surface area contributed by atoms with E-state index in [4.69, 9.17) is 28.4 Å². The highest BCUT2D eigenvalue weighted by molar-refractivity contribution is 5.81. The van der Waals surface area contributed by atoms with E-state index in [0.29, 0.717) is 0 Å². The number of carboxylic acids is 1. The van der Waals surface area contributed by atoms with Crippen LogP contribution in [-0.4, -0.2) is 97.5 Å². The third-order valence-corrected chi connectivity index (χ3v) is 7.43. The minimum absolute atomic E-state index is 0.0666. The van der Waals surface area contributed by atoms with E-state index in [1.54, 1.807) is 0 Å². The van der Waals surface area contributed by atoms with Crippen LogP contribution < -0.4 is 10.6 Å². The van der Waals surface area contributed by atoms with Crippen LogP contribution in [0.15, 0.2) is 48.5 Å². The van der Waals surface area contributed by atoms with Crippen molar-refractivity contribution in [3.63, 3.8) is 0 Å². The van der Waals surface area contributed by atoms with Crippen LogP contribution in [0.1, 0.15) is 44.7 Å². The summed E-state index contributed by atoms with van der Waals surface area (Å²) in [5.74, 6) is -4.65. The molecule has 1 unspecified atom stereocenters. The van der Waals surface area contributed by atoms with Gasteiger partial charge in [-0.1, -0.05) is 48.5 Å². The second-order valence-corrected chi connectivity index (χ2v) is 10.9. The van der Waals surface area contributed by atoms with Crippen molar-refractivity contribution < 1.29 is 62.3 Å². The minimum Gasteiger partial charge on any atom is -0.480 e. The second kappa shape index (κ2) is 15.5. The zero-order valence-electron chi connectivity index (χ0n) is 26.1. The smallest absolute Gasteiger partial charge is 0.407 e. The number of benzene rings is 2. The van der Waals surface area contributed by atoms with Crippen molar-refractivity contribution >= 4 is 35.9 Å². The zero-order chi connectivity index (χ0) is 34.2. The lowest BCUT2D eigenvalue weighted by molar-refractivity contribution is -0.278. The lowest BCUT2D eigenvalue weighted by Gasteiger charge is -2.45. The molecule has 15 nitrogen and oxygen atoms in total. The molecule has 252 valence electrons. The van der Waals surface area contributed by atoms with Gasteiger partial charge in [-0.3, -0.25) is 19.2 Å². The average molecular weight is 657 g/mol. The Morgan fingerprint density at radius 3 is 1.89 bits per heavy atom. The van der Waals surface area contributed by atoms with Crippen LogP contribution in [-0.2, 0) is 52.4 Å². The van der Waals surface area contributed by atoms with Gasteiger partial charge in [0.1, 0.15) is 25.4 Å². The third kappa shape index (κ3) is 8.83. The molecule has 47 heavy (non-hydrogen) atoms. The highest BCUT2D eigenvalue weighted by Gasteiger charge is 2.51. The zero-order valence-corrected chi connectivity index (χ0v) is 26.1. The number of ether oxygens (including phenoxy) is 6. The van der Waals surface area contributed by atoms with Crippen LogP contribution in [0, 0.1) is 0 Å². The molecule has 0 aromatic heterocycles. The Labute approximate surface area is 269 Å². The van der Waals surface area contributed by atoms with Crippen molar-refractivity contribution in [1.29, 1.82) is 0 Å². The number of carboxylic acid groups (broad SMARTS) is 1. The highest BCUT2D eigenvalue weighted by Crippen LogP contribution is 2.44. The van der Waals surface area contributed by atoms with E-state index in [1.807, 2.05) is 48.5 Å². The first-order chi connectivity index (χ1) is 22.3. The Hall–Kier alpha value is -5.02. The summed E-state index contributed by atoms with van der Waals surface area (Å²) in [6, 6.07) is 12.5. The SMILES string of the molecule is CC(=O)N[C@H]1C(OC[C@H](NC(=O)OCC2c3ccccc3-c3ccccc32)C(=O)O)O[C@H](COC(C)=O)[C@@H](OC(C)=O)[C@@H]1OC(C)=O. The monoisotopic (exact) mass is 656 g/mol. The maximum absolute atomic E-state index is 12.8. The Morgan fingerprint density at radius 1 is 0.787 bits per heavy atom. The molecule has 1 aliphatic carbocycles. The Kier molecular flexibility index (Phi) is 11.5. The summed E-state index contributed by atoms with van der Waals surface area (Å²) in [4.78, 5) is 72.6. The summed E-state index contributed by atoms with van der Waals surface area (Å²) in [5, 5.41) is 14.6. The predicted molar refractivity (Wildman–Crippen MR) is 160 cm³/mol. The maximum Gasteiger partial charge on any atom is 0.407 e. The molecular weight excluding hydrogens is 620 g/mol. The van der Waals surface area contributed by atoms with Crippen molar-refractivity contribution in [2.75, 3.05) is 19.8 Å². The predicted octanol–water partition coefficient (Wildman–Crippen LogP) is 1.65. The topological polar surface area (TPSA) is 202 Å². The van der Waals surface area contributed by atoms with Gasteiger partial charge in [0.2, 0.25) is 5.91 Å². The number of hydrogen-bond donors (Lipinski definition) is 3. The molecule has 2 aliphatic rings. The summed E-state index contributed by atoms with van der Waals surface area (Å²) in [6.07, 6.45) is -6.58. The van der Waals surface area contributed by atoms with Crippen molar-refractivity contribution in [1.82, 2.24) is 10.6 Å². The summed E-state index contributed by atoms with van der Waals surface area (Å²) < 4.78 is 32.8. The molecule has 1 saturated heterocycles. The fraction of sp³-hybridized carbons (Fsp3) is 0.438. The molecule has 1 aliphatic heterocycles. The number of carbonyl (C=O) groups excluding carboxylic acids is 5. The van der Waals surface area contributed by atoms with Gasteiger partial charge in [0.15, 0.2) is 24.5 Å². The van der Waals surface area contributed by atoms with Crippen LogP contribution in [0.5, 0.6) is 0 Å². The van der Waals surface area contributed by atoms with Gasteiger partial charge in [-0.05, 0) is 22.3 Å². The average Bonchev–Trinajstić information content (AvgIpc) is 3.32. The maximum atomic E-state index is 12.8. The Morgan fingerprint density at radius 2 is 1.36 bits per heavy atom. The van der Waals surface area contributed by atoms with Gasteiger partial charge in [-0.15, -0.1) is 0 Å². The van der Waals surface area contributed by atoms with Crippen LogP contribution >= 0.6 is 0 Å². The molecule has 2 amide bonds. The van der Waals surface area contributed by atoms with E-state index in [-0.39, 0.29) is 12.5 Å².